The second-order valence-corrected chi connectivity index (χ2v) is 2.75. The summed E-state index contributed by atoms with van der Waals surface area (Å²) < 4.78 is 25.8. The van der Waals surface area contributed by atoms with Crippen LogP contribution in [0.5, 0.6) is 0 Å². The monoisotopic (exact) mass is 191 g/mol. The third-order valence-corrected chi connectivity index (χ3v) is 1.85. The molecule has 0 fully saturated rings. The van der Waals surface area contributed by atoms with E-state index in [0.717, 1.165) is 6.07 Å². The van der Waals surface area contributed by atoms with Crippen molar-refractivity contribution in [1.29, 1.82) is 0 Å². The van der Waals surface area contributed by atoms with Crippen molar-refractivity contribution in [1.82, 2.24) is 0 Å². The Morgan fingerprint density at radius 3 is 2.67 bits per heavy atom. The topological polar surface area (TPSA) is 26.0 Å². The summed E-state index contributed by atoms with van der Waals surface area (Å²) >= 11 is 5.57. The van der Waals surface area contributed by atoms with E-state index < -0.39 is 12.0 Å². The molecule has 0 aromatic heterocycles. The fourth-order valence-electron chi connectivity index (χ4n) is 0.928. The fourth-order valence-corrected chi connectivity index (χ4v) is 1.21. The van der Waals surface area contributed by atoms with Gasteiger partial charge in [0.1, 0.15) is 12.0 Å². The Kier molecular flexibility index (Phi) is 3.00. The fraction of sp³-hybridized carbons (Fsp3) is 0.250. The minimum absolute atomic E-state index is 0.0768. The lowest BCUT2D eigenvalue weighted by Gasteiger charge is -2.08. The van der Waals surface area contributed by atoms with E-state index in [-0.39, 0.29) is 17.1 Å². The quantitative estimate of drug-likeness (QED) is 0.764. The highest BCUT2D eigenvalue weighted by Crippen LogP contribution is 2.27. The van der Waals surface area contributed by atoms with Crippen molar-refractivity contribution in [3.63, 3.8) is 0 Å². The van der Waals surface area contributed by atoms with Crippen LogP contribution in [-0.2, 0) is 0 Å². The van der Waals surface area contributed by atoms with Gasteiger partial charge in [-0.25, -0.2) is 8.78 Å². The first-order valence-corrected chi connectivity index (χ1v) is 3.82. The number of rotatable bonds is 2. The predicted octanol–water partition coefficient (Wildman–Crippen LogP) is 2.45. The van der Waals surface area contributed by atoms with Crippen LogP contribution in [0.1, 0.15) is 11.7 Å². The predicted molar refractivity (Wildman–Crippen MR) is 44.3 cm³/mol. The van der Waals surface area contributed by atoms with Crippen LogP contribution in [0.15, 0.2) is 18.2 Å². The normalized spacial score (nSPS) is 13.0. The summed E-state index contributed by atoms with van der Waals surface area (Å²) in [4.78, 5) is 0. The molecule has 1 aromatic carbocycles. The van der Waals surface area contributed by atoms with Crippen molar-refractivity contribution >= 4 is 11.6 Å². The van der Waals surface area contributed by atoms with Gasteiger partial charge in [0.2, 0.25) is 0 Å². The summed E-state index contributed by atoms with van der Waals surface area (Å²) in [6, 6.07) is 4.01. The summed E-state index contributed by atoms with van der Waals surface area (Å²) in [6.45, 7) is -0.263. The van der Waals surface area contributed by atoms with Crippen molar-refractivity contribution in [2.75, 3.05) is 6.54 Å². The zero-order valence-electron chi connectivity index (χ0n) is 6.23. The van der Waals surface area contributed by atoms with Gasteiger partial charge in [0.15, 0.2) is 0 Å². The molecule has 1 atom stereocenters. The van der Waals surface area contributed by atoms with E-state index in [0.29, 0.717) is 0 Å². The maximum atomic E-state index is 12.9. The Hall–Kier alpha value is -0.670. The lowest BCUT2D eigenvalue weighted by molar-refractivity contribution is 0.341. The summed E-state index contributed by atoms with van der Waals surface area (Å²) in [7, 11) is 0. The number of hydrogen-bond donors (Lipinski definition) is 1. The van der Waals surface area contributed by atoms with Crippen LogP contribution in [0.25, 0.3) is 0 Å². The number of alkyl halides is 1. The average Bonchev–Trinajstić information content (AvgIpc) is 2.03. The minimum Gasteiger partial charge on any atom is -0.327 e. The molecule has 0 bridgehead atoms. The first kappa shape index (κ1) is 9.42. The maximum absolute atomic E-state index is 12.9. The third-order valence-electron chi connectivity index (χ3n) is 1.52. The van der Waals surface area contributed by atoms with Crippen molar-refractivity contribution in [3.05, 3.63) is 34.6 Å². The van der Waals surface area contributed by atoms with E-state index in [4.69, 9.17) is 17.3 Å². The van der Waals surface area contributed by atoms with Crippen molar-refractivity contribution in [2.45, 2.75) is 6.17 Å². The summed E-state index contributed by atoms with van der Waals surface area (Å²) in [5.74, 6) is -0.652. The smallest absolute Gasteiger partial charge is 0.142 e. The minimum atomic E-state index is -1.53. The molecule has 0 spiro atoms. The van der Waals surface area contributed by atoms with Gasteiger partial charge in [0.05, 0.1) is 0 Å². The zero-order valence-corrected chi connectivity index (χ0v) is 6.98. The lowest BCUT2D eigenvalue weighted by Crippen LogP contribution is -2.09. The van der Waals surface area contributed by atoms with Gasteiger partial charge >= 0.3 is 0 Å². The molecular weight excluding hydrogens is 184 g/mol. The van der Waals surface area contributed by atoms with Gasteiger partial charge in [-0.15, -0.1) is 0 Å². The van der Waals surface area contributed by atoms with Crippen LogP contribution in [0.3, 0.4) is 0 Å². The molecule has 0 aliphatic rings. The molecule has 66 valence electrons. The largest absolute Gasteiger partial charge is 0.327 e. The van der Waals surface area contributed by atoms with Gasteiger partial charge in [0, 0.05) is 17.1 Å². The van der Waals surface area contributed by atoms with Gasteiger partial charge in [-0.2, -0.15) is 0 Å². The standard InChI is InChI=1S/C8H8ClF2N/c9-5-2-1-3-6(10)8(5)7(11)4-12/h1-3,7H,4,12H2. The Labute approximate surface area is 74.1 Å². The van der Waals surface area contributed by atoms with Crippen LogP contribution in [0.2, 0.25) is 5.02 Å². The molecule has 12 heavy (non-hydrogen) atoms. The summed E-state index contributed by atoms with van der Waals surface area (Å²) in [5, 5.41) is 0.0768. The van der Waals surface area contributed by atoms with Crippen LogP contribution >= 0.6 is 11.6 Å². The van der Waals surface area contributed by atoms with Crippen LogP contribution in [0.4, 0.5) is 8.78 Å². The molecular formula is C8H8ClF2N. The maximum Gasteiger partial charge on any atom is 0.142 e. The van der Waals surface area contributed by atoms with Gasteiger partial charge in [0.25, 0.3) is 0 Å². The Balaban J connectivity index is 3.12. The molecule has 1 unspecified atom stereocenters. The Morgan fingerprint density at radius 2 is 2.17 bits per heavy atom. The molecule has 1 aromatic rings. The van der Waals surface area contributed by atoms with E-state index in [9.17, 15) is 8.78 Å². The van der Waals surface area contributed by atoms with Crippen molar-refractivity contribution in [2.24, 2.45) is 5.73 Å². The molecule has 1 nitrogen and oxygen atoms in total. The van der Waals surface area contributed by atoms with Crippen LogP contribution in [-0.4, -0.2) is 6.54 Å². The summed E-state index contributed by atoms with van der Waals surface area (Å²) in [5.41, 5.74) is 4.89. The van der Waals surface area contributed by atoms with Crippen LogP contribution < -0.4 is 5.73 Å². The lowest BCUT2D eigenvalue weighted by atomic mass is 10.1. The molecule has 0 aliphatic heterocycles. The summed E-state index contributed by atoms with van der Waals surface area (Å²) in [6.07, 6.45) is -1.53. The molecule has 0 heterocycles. The van der Waals surface area contributed by atoms with E-state index in [1.54, 1.807) is 0 Å². The highest BCUT2D eigenvalue weighted by atomic mass is 35.5. The first-order valence-electron chi connectivity index (χ1n) is 3.45. The molecule has 1 rings (SSSR count). The molecule has 0 amide bonds. The molecule has 4 heteroatoms. The van der Waals surface area contributed by atoms with Gasteiger partial charge < -0.3 is 5.73 Å². The van der Waals surface area contributed by atoms with Gasteiger partial charge in [-0.05, 0) is 12.1 Å². The van der Waals surface area contributed by atoms with E-state index in [1.165, 1.54) is 12.1 Å². The molecule has 0 saturated heterocycles. The number of benzene rings is 1. The van der Waals surface area contributed by atoms with E-state index >= 15 is 0 Å². The highest BCUT2D eigenvalue weighted by molar-refractivity contribution is 6.31. The Bertz CT molecular complexity index is 258. The van der Waals surface area contributed by atoms with E-state index in [1.807, 2.05) is 0 Å². The third kappa shape index (κ3) is 1.73. The average molecular weight is 192 g/mol. The van der Waals surface area contributed by atoms with Crippen molar-refractivity contribution < 1.29 is 8.78 Å². The molecule has 0 aliphatic carbocycles. The SMILES string of the molecule is NCC(F)c1c(F)cccc1Cl. The van der Waals surface area contributed by atoms with Crippen molar-refractivity contribution in [3.8, 4) is 0 Å². The van der Waals surface area contributed by atoms with Crippen LogP contribution in [0, 0.1) is 5.82 Å². The second-order valence-electron chi connectivity index (χ2n) is 2.34. The number of hydrogen-bond acceptors (Lipinski definition) is 1. The second kappa shape index (κ2) is 3.83. The molecule has 0 saturated carbocycles. The highest BCUT2D eigenvalue weighted by Gasteiger charge is 2.15. The molecule has 0 radical (unpaired) electrons. The van der Waals surface area contributed by atoms with Gasteiger partial charge in [-0.3, -0.25) is 0 Å². The molecule has 2 N–H and O–H groups in total. The zero-order chi connectivity index (χ0) is 9.14. The number of nitrogens with two attached hydrogens (primary N) is 1. The first-order chi connectivity index (χ1) is 5.66. The Morgan fingerprint density at radius 1 is 1.50 bits per heavy atom. The van der Waals surface area contributed by atoms with E-state index in [2.05, 4.69) is 0 Å². The van der Waals surface area contributed by atoms with Gasteiger partial charge in [-0.1, -0.05) is 17.7 Å². The number of halogens is 3.